The lowest BCUT2D eigenvalue weighted by Crippen LogP contribution is -2.15. The molecule has 1 heterocycles. The van der Waals surface area contributed by atoms with Crippen LogP contribution in [0.1, 0.15) is 70.5 Å². The second-order valence-electron chi connectivity index (χ2n) is 4.94. The minimum absolute atomic E-state index is 0.519. The third-order valence-electron chi connectivity index (χ3n) is 3.55. The monoisotopic (exact) mass is 251 g/mol. The number of hydrogen-bond acceptors (Lipinski definition) is 2. The van der Waals surface area contributed by atoms with Crippen molar-refractivity contribution >= 4 is 0 Å². The summed E-state index contributed by atoms with van der Waals surface area (Å²) in [5.74, 6) is 0. The van der Waals surface area contributed by atoms with Crippen molar-refractivity contribution in [2.45, 2.75) is 72.9 Å². The largest absolute Gasteiger partial charge is 0.313 e. The summed E-state index contributed by atoms with van der Waals surface area (Å²) in [4.78, 5) is 0. The van der Waals surface area contributed by atoms with Gasteiger partial charge in [0.1, 0.15) is 0 Å². The Morgan fingerprint density at radius 2 is 1.89 bits per heavy atom. The fourth-order valence-corrected chi connectivity index (χ4v) is 2.57. The van der Waals surface area contributed by atoms with E-state index in [2.05, 4.69) is 44.6 Å². The second-order valence-corrected chi connectivity index (χ2v) is 4.94. The first kappa shape index (κ1) is 15.2. The molecule has 1 atom stereocenters. The normalized spacial score (nSPS) is 12.9. The minimum Gasteiger partial charge on any atom is -0.313 e. The summed E-state index contributed by atoms with van der Waals surface area (Å²) >= 11 is 0. The number of hydrogen-bond donors (Lipinski definition) is 1. The molecular formula is C15H29N3. The summed E-state index contributed by atoms with van der Waals surface area (Å²) in [5.41, 5.74) is 4.13. The molecule has 3 heteroatoms. The van der Waals surface area contributed by atoms with Crippen molar-refractivity contribution in [3.8, 4) is 0 Å². The molecule has 3 nitrogen and oxygen atoms in total. The van der Waals surface area contributed by atoms with Gasteiger partial charge in [-0.15, -0.1) is 0 Å². The minimum atomic E-state index is 0.519. The molecule has 1 N–H and O–H groups in total. The maximum Gasteiger partial charge on any atom is 0.0669 e. The molecule has 0 aliphatic carbocycles. The summed E-state index contributed by atoms with van der Waals surface area (Å²) in [6.07, 6.45) is 4.52. The summed E-state index contributed by atoms with van der Waals surface area (Å²) in [7, 11) is 0. The molecule has 0 fully saturated rings. The molecule has 104 valence electrons. The van der Waals surface area contributed by atoms with Crippen LogP contribution < -0.4 is 5.32 Å². The van der Waals surface area contributed by atoms with Crippen LogP contribution in [0.5, 0.6) is 0 Å². The molecule has 0 saturated carbocycles. The van der Waals surface area contributed by atoms with Gasteiger partial charge in [-0.2, -0.15) is 5.10 Å². The molecule has 0 aliphatic heterocycles. The summed E-state index contributed by atoms with van der Waals surface area (Å²) < 4.78 is 2.27. The van der Waals surface area contributed by atoms with Gasteiger partial charge in [-0.25, -0.2) is 0 Å². The van der Waals surface area contributed by atoms with Crippen LogP contribution in [0.4, 0.5) is 0 Å². The molecule has 18 heavy (non-hydrogen) atoms. The molecule has 0 spiro atoms. The first-order valence-corrected chi connectivity index (χ1v) is 7.49. The first-order valence-electron chi connectivity index (χ1n) is 7.49. The quantitative estimate of drug-likeness (QED) is 0.766. The van der Waals surface area contributed by atoms with E-state index in [4.69, 9.17) is 5.10 Å². The SMILES string of the molecule is CCCC(C)n1nc(CC)c(CNCC)c1CC. The first-order chi connectivity index (χ1) is 8.69. The Labute approximate surface area is 112 Å². The van der Waals surface area contributed by atoms with Crippen molar-refractivity contribution in [1.82, 2.24) is 15.1 Å². The van der Waals surface area contributed by atoms with E-state index < -0.39 is 0 Å². The Kier molecular flexibility index (Phi) is 6.41. The van der Waals surface area contributed by atoms with Crippen LogP contribution in [0.15, 0.2) is 0 Å². The van der Waals surface area contributed by atoms with Crippen molar-refractivity contribution in [2.24, 2.45) is 0 Å². The van der Waals surface area contributed by atoms with Crippen LogP contribution >= 0.6 is 0 Å². The van der Waals surface area contributed by atoms with Crippen molar-refractivity contribution in [3.05, 3.63) is 17.0 Å². The molecule has 0 aromatic carbocycles. The van der Waals surface area contributed by atoms with Crippen molar-refractivity contribution < 1.29 is 0 Å². The zero-order chi connectivity index (χ0) is 13.5. The van der Waals surface area contributed by atoms with Crippen molar-refractivity contribution in [1.29, 1.82) is 0 Å². The van der Waals surface area contributed by atoms with E-state index in [9.17, 15) is 0 Å². The molecule has 0 saturated heterocycles. The Hall–Kier alpha value is -0.830. The fourth-order valence-electron chi connectivity index (χ4n) is 2.57. The highest BCUT2D eigenvalue weighted by Crippen LogP contribution is 2.22. The van der Waals surface area contributed by atoms with Gasteiger partial charge in [-0.3, -0.25) is 4.68 Å². The van der Waals surface area contributed by atoms with Crippen LogP contribution in [-0.4, -0.2) is 16.3 Å². The highest BCUT2D eigenvalue weighted by molar-refractivity contribution is 5.27. The molecule has 1 aromatic heterocycles. The van der Waals surface area contributed by atoms with Gasteiger partial charge in [0.25, 0.3) is 0 Å². The van der Waals surface area contributed by atoms with Crippen LogP contribution in [0.25, 0.3) is 0 Å². The zero-order valence-electron chi connectivity index (χ0n) is 12.7. The number of nitrogens with one attached hydrogen (secondary N) is 1. The summed E-state index contributed by atoms with van der Waals surface area (Å²) in [5, 5.41) is 8.29. The van der Waals surface area contributed by atoms with Gasteiger partial charge in [0.2, 0.25) is 0 Å². The van der Waals surface area contributed by atoms with Crippen LogP contribution in [0, 0.1) is 0 Å². The maximum atomic E-state index is 4.85. The molecule has 0 radical (unpaired) electrons. The van der Waals surface area contributed by atoms with E-state index in [0.717, 1.165) is 25.9 Å². The van der Waals surface area contributed by atoms with E-state index in [-0.39, 0.29) is 0 Å². The number of rotatable bonds is 8. The van der Waals surface area contributed by atoms with Crippen LogP contribution in [0.2, 0.25) is 0 Å². The Bertz CT molecular complexity index is 355. The standard InChI is InChI=1S/C15H29N3/c1-6-10-12(5)18-15(8-3)13(11-16-9-4)14(7-2)17-18/h12,16H,6-11H2,1-5H3. The van der Waals surface area contributed by atoms with Gasteiger partial charge in [0, 0.05) is 23.8 Å². The van der Waals surface area contributed by atoms with E-state index in [1.807, 2.05) is 0 Å². The smallest absolute Gasteiger partial charge is 0.0669 e. The number of aromatic nitrogens is 2. The van der Waals surface area contributed by atoms with E-state index in [1.165, 1.54) is 29.8 Å². The molecule has 1 unspecified atom stereocenters. The lowest BCUT2D eigenvalue weighted by molar-refractivity contribution is 0.437. The van der Waals surface area contributed by atoms with Crippen LogP contribution in [0.3, 0.4) is 0 Å². The zero-order valence-corrected chi connectivity index (χ0v) is 12.7. The topological polar surface area (TPSA) is 29.9 Å². The maximum absolute atomic E-state index is 4.85. The Balaban J connectivity index is 3.06. The molecule has 0 bridgehead atoms. The number of aryl methyl sites for hydroxylation is 1. The molecule has 0 amide bonds. The Morgan fingerprint density at radius 3 is 2.39 bits per heavy atom. The van der Waals surface area contributed by atoms with Crippen molar-refractivity contribution in [2.75, 3.05) is 6.54 Å². The fraction of sp³-hybridized carbons (Fsp3) is 0.800. The van der Waals surface area contributed by atoms with Gasteiger partial charge in [-0.1, -0.05) is 34.1 Å². The highest BCUT2D eigenvalue weighted by Gasteiger charge is 2.17. The predicted octanol–water partition coefficient (Wildman–Crippen LogP) is 3.48. The van der Waals surface area contributed by atoms with Gasteiger partial charge >= 0.3 is 0 Å². The lowest BCUT2D eigenvalue weighted by Gasteiger charge is -2.15. The second kappa shape index (κ2) is 7.57. The Morgan fingerprint density at radius 1 is 1.17 bits per heavy atom. The van der Waals surface area contributed by atoms with E-state index in [0.29, 0.717) is 6.04 Å². The molecule has 1 aromatic rings. The summed E-state index contributed by atoms with van der Waals surface area (Å²) in [6, 6.07) is 0.519. The summed E-state index contributed by atoms with van der Waals surface area (Å²) in [6.45, 7) is 13.1. The average Bonchev–Trinajstić information content (AvgIpc) is 2.74. The highest BCUT2D eigenvalue weighted by atomic mass is 15.3. The third kappa shape index (κ3) is 3.35. The molecule has 1 rings (SSSR count). The average molecular weight is 251 g/mol. The molecular weight excluding hydrogens is 222 g/mol. The van der Waals surface area contributed by atoms with Crippen LogP contribution in [-0.2, 0) is 19.4 Å². The molecule has 0 aliphatic rings. The van der Waals surface area contributed by atoms with Gasteiger partial charge < -0.3 is 5.32 Å². The van der Waals surface area contributed by atoms with Gasteiger partial charge in [0.15, 0.2) is 0 Å². The lowest BCUT2D eigenvalue weighted by atomic mass is 10.1. The number of nitrogens with zero attached hydrogens (tertiary/aromatic N) is 2. The predicted molar refractivity (Wildman–Crippen MR) is 78.0 cm³/mol. The van der Waals surface area contributed by atoms with E-state index in [1.54, 1.807) is 0 Å². The third-order valence-corrected chi connectivity index (χ3v) is 3.55. The van der Waals surface area contributed by atoms with Gasteiger partial charge in [0.05, 0.1) is 5.69 Å². The van der Waals surface area contributed by atoms with Gasteiger partial charge in [-0.05, 0) is 32.7 Å². The van der Waals surface area contributed by atoms with Crippen molar-refractivity contribution in [3.63, 3.8) is 0 Å². The van der Waals surface area contributed by atoms with E-state index >= 15 is 0 Å².